The number of primary amides is 1. The molecule has 6 amide bonds. The fraction of sp³-hybridized carbons (Fsp3) is 0.523. The molecule has 0 unspecified atom stereocenters. The number of carbonyl (C=O) groups excluding carboxylic acids is 7. The number of fused-ring (bicyclic) bond motifs is 2. The van der Waals surface area contributed by atoms with Crippen molar-refractivity contribution < 1.29 is 62.0 Å². The maximum atomic E-state index is 13.4. The molecule has 3 aliphatic rings. The monoisotopic (exact) mass is 1300 g/mol. The predicted octanol–water partition coefficient (Wildman–Crippen LogP) is 4.75. The number of methoxy groups -OCH3 is 1. The highest BCUT2D eigenvalue weighted by molar-refractivity contribution is 6.34. The molecule has 500 valence electrons. The number of nitrogens with zero attached hydrogens (tertiary/aromatic N) is 9. The molecule has 27 nitrogen and oxygen atoms in total. The number of hydrogen-bond donors (Lipinski definition) is 5. The Morgan fingerprint density at radius 3 is 1.91 bits per heavy atom. The summed E-state index contributed by atoms with van der Waals surface area (Å²) in [5, 5.41) is 22.7. The summed E-state index contributed by atoms with van der Waals surface area (Å²) in [6.45, 7) is 7.12. The molecule has 28 heteroatoms. The van der Waals surface area contributed by atoms with Crippen molar-refractivity contribution in [3.8, 4) is 11.1 Å². The molecule has 3 aromatic heterocycles. The van der Waals surface area contributed by atoms with Gasteiger partial charge in [0.15, 0.2) is 11.5 Å². The first-order valence-corrected chi connectivity index (χ1v) is 32.3. The van der Waals surface area contributed by atoms with Crippen LogP contribution in [0, 0.1) is 0 Å². The minimum atomic E-state index is -0.639. The Morgan fingerprint density at radius 2 is 1.26 bits per heavy atom. The standard InChI is InChI=1S/C65H85ClN14O13/c1-76-53-38-50(51(66)37-47(53)39-72-76)49-7-6-8-52-61(49)62(75-80(52)43-57(83)69-41-56(82)70-42-60(86)88-2)46-17-25-78(26-18-46)58(84)14-13-55(81)68-20-28-90-30-32-92-34-36-93-35-33-91-31-29-89-27-19-59(85)79-23-15-45(16-24-79)44-9-11-48(12-10-44)73-65-63(64(67)87)71-40-54(74-65)77-21-4-3-5-22-77/h6-12,37-40,45-46H,3-5,13-36,41-43H2,1-2H3,(H2,67,87)(H,68,81)(H,69,83)(H,70,82)(H,73,74). The zero-order valence-corrected chi connectivity index (χ0v) is 53.8. The largest absolute Gasteiger partial charge is 0.468 e. The Kier molecular flexibility index (Phi) is 26.0. The van der Waals surface area contributed by atoms with Crippen LogP contribution < -0.4 is 31.9 Å². The van der Waals surface area contributed by atoms with E-state index in [2.05, 4.69) is 53.1 Å². The number of benzene rings is 3. The number of amides is 6. The number of nitrogens with two attached hydrogens (primary N) is 1. The molecule has 6 aromatic rings. The number of esters is 1. The van der Waals surface area contributed by atoms with Gasteiger partial charge in [0, 0.05) is 98.7 Å². The summed E-state index contributed by atoms with van der Waals surface area (Å²) in [5.41, 5.74) is 11.6. The van der Waals surface area contributed by atoms with Gasteiger partial charge < -0.3 is 70.1 Å². The highest BCUT2D eigenvalue weighted by atomic mass is 35.5. The quantitative estimate of drug-likeness (QED) is 0.0269. The van der Waals surface area contributed by atoms with Crippen LogP contribution >= 0.6 is 11.6 Å². The maximum absolute atomic E-state index is 13.4. The van der Waals surface area contributed by atoms with Crippen LogP contribution in [0.4, 0.5) is 17.3 Å². The Hall–Kier alpha value is -8.34. The van der Waals surface area contributed by atoms with Crippen molar-refractivity contribution in [2.75, 3.05) is 142 Å². The minimum Gasteiger partial charge on any atom is -0.468 e. The molecule has 3 fully saturated rings. The molecular weight excluding hydrogens is 1220 g/mol. The van der Waals surface area contributed by atoms with Crippen LogP contribution in [0.3, 0.4) is 0 Å². The van der Waals surface area contributed by atoms with E-state index in [1.807, 2.05) is 54.4 Å². The molecule has 0 atom stereocenters. The van der Waals surface area contributed by atoms with Gasteiger partial charge in [-0.05, 0) is 92.3 Å². The van der Waals surface area contributed by atoms with E-state index in [0.29, 0.717) is 127 Å². The van der Waals surface area contributed by atoms with E-state index in [4.69, 9.17) is 51.1 Å². The Morgan fingerprint density at radius 1 is 0.634 bits per heavy atom. The molecule has 3 aromatic carbocycles. The molecule has 3 saturated heterocycles. The lowest BCUT2D eigenvalue weighted by Crippen LogP contribution is -2.40. The average Bonchev–Trinajstić information content (AvgIpc) is 1.64. The Bertz CT molecular complexity index is 3510. The summed E-state index contributed by atoms with van der Waals surface area (Å²) in [6.07, 6.45) is 10.1. The highest BCUT2D eigenvalue weighted by Crippen LogP contribution is 2.42. The number of aromatic nitrogens is 6. The molecule has 0 saturated carbocycles. The number of ether oxygens (including phenoxy) is 6. The average molecular weight is 1310 g/mol. The number of halogens is 1. The molecular formula is C65H85ClN14O13. The third-order valence-corrected chi connectivity index (χ3v) is 17.1. The van der Waals surface area contributed by atoms with Crippen LogP contribution in [0.1, 0.15) is 97.8 Å². The summed E-state index contributed by atoms with van der Waals surface area (Å²) in [7, 11) is 3.07. The van der Waals surface area contributed by atoms with E-state index in [1.165, 1.54) is 19.1 Å². The molecule has 9 rings (SSSR count). The van der Waals surface area contributed by atoms with Gasteiger partial charge in [-0.3, -0.25) is 42.9 Å². The molecule has 93 heavy (non-hydrogen) atoms. The van der Waals surface area contributed by atoms with E-state index in [1.54, 1.807) is 26.7 Å². The van der Waals surface area contributed by atoms with Crippen LogP contribution in [0.15, 0.2) is 67.0 Å². The number of carbonyl (C=O) groups is 7. The molecule has 3 aliphatic heterocycles. The van der Waals surface area contributed by atoms with Crippen molar-refractivity contribution in [3.05, 3.63) is 89.0 Å². The van der Waals surface area contributed by atoms with Gasteiger partial charge >= 0.3 is 5.97 Å². The maximum Gasteiger partial charge on any atom is 0.325 e. The second kappa shape index (κ2) is 35.1. The summed E-state index contributed by atoms with van der Waals surface area (Å²) in [6, 6.07) is 17.7. The van der Waals surface area contributed by atoms with Crippen LogP contribution in [0.25, 0.3) is 32.9 Å². The minimum absolute atomic E-state index is 0.0374. The van der Waals surface area contributed by atoms with E-state index < -0.39 is 23.7 Å². The van der Waals surface area contributed by atoms with Crippen molar-refractivity contribution in [3.63, 3.8) is 0 Å². The molecule has 6 heterocycles. The Balaban J connectivity index is 0.578. The van der Waals surface area contributed by atoms with E-state index in [9.17, 15) is 33.6 Å². The zero-order chi connectivity index (χ0) is 65.5. The first-order valence-electron chi connectivity index (χ1n) is 31.9. The fourth-order valence-electron chi connectivity index (χ4n) is 11.7. The van der Waals surface area contributed by atoms with Gasteiger partial charge in [0.2, 0.25) is 29.5 Å². The number of anilines is 3. The van der Waals surface area contributed by atoms with E-state index in [0.717, 1.165) is 83.4 Å². The molecule has 0 radical (unpaired) electrons. The van der Waals surface area contributed by atoms with Crippen molar-refractivity contribution in [1.82, 2.24) is 55.3 Å². The molecule has 0 spiro atoms. The number of hydrogen-bond acceptors (Lipinski definition) is 19. The smallest absolute Gasteiger partial charge is 0.325 e. The first kappa shape index (κ1) is 69.0. The van der Waals surface area contributed by atoms with E-state index in [-0.39, 0.29) is 75.0 Å². The molecule has 0 aliphatic carbocycles. The SMILES string of the molecule is COC(=O)CNC(=O)CNC(=O)Cn1nc(C2CCN(C(=O)CCC(=O)NCCOCCOCCOCCOCCOCCC(=O)N3CCC(c4ccc(Nc5nc(N6CCCCC6)cnc5C(N)=O)cc4)CC3)CC2)c2c(-c3cc4c(cnn4C)cc3Cl)cccc21. The summed E-state index contributed by atoms with van der Waals surface area (Å²) in [5.74, 6) is -1.24. The summed E-state index contributed by atoms with van der Waals surface area (Å²) < 4.78 is 36.0. The van der Waals surface area contributed by atoms with Gasteiger partial charge in [-0.15, -0.1) is 0 Å². The van der Waals surface area contributed by atoms with Gasteiger partial charge in [0.25, 0.3) is 5.91 Å². The van der Waals surface area contributed by atoms with Crippen molar-refractivity contribution in [2.45, 2.75) is 82.6 Å². The van der Waals surface area contributed by atoms with Gasteiger partial charge in [0.1, 0.15) is 18.9 Å². The van der Waals surface area contributed by atoms with Crippen LogP contribution in [-0.4, -0.2) is 213 Å². The third kappa shape index (κ3) is 19.8. The van der Waals surface area contributed by atoms with Gasteiger partial charge in [-0.2, -0.15) is 10.2 Å². The van der Waals surface area contributed by atoms with Gasteiger partial charge in [-0.1, -0.05) is 35.9 Å². The first-order chi connectivity index (χ1) is 45.2. The summed E-state index contributed by atoms with van der Waals surface area (Å²) >= 11 is 6.95. The lowest BCUT2D eigenvalue weighted by Gasteiger charge is -2.32. The lowest BCUT2D eigenvalue weighted by atomic mass is 9.89. The third-order valence-electron chi connectivity index (χ3n) is 16.8. The van der Waals surface area contributed by atoms with Gasteiger partial charge in [-0.25, -0.2) is 9.97 Å². The predicted molar refractivity (Wildman–Crippen MR) is 347 cm³/mol. The van der Waals surface area contributed by atoms with Crippen LogP contribution in [0.5, 0.6) is 0 Å². The number of nitrogens with one attached hydrogen (secondary N) is 4. The van der Waals surface area contributed by atoms with Crippen molar-refractivity contribution >= 4 is 92.1 Å². The topological polar surface area (TPSA) is 320 Å². The normalized spacial score (nSPS) is 14.8. The Labute approximate surface area is 544 Å². The molecule has 0 bridgehead atoms. The second-order valence-electron chi connectivity index (χ2n) is 23.1. The van der Waals surface area contributed by atoms with Crippen LogP contribution in [0.2, 0.25) is 5.02 Å². The number of aryl methyl sites for hydroxylation is 1. The summed E-state index contributed by atoms with van der Waals surface area (Å²) in [4.78, 5) is 103. The van der Waals surface area contributed by atoms with E-state index >= 15 is 0 Å². The van der Waals surface area contributed by atoms with Crippen molar-refractivity contribution in [1.29, 1.82) is 0 Å². The number of likely N-dealkylation sites (tertiary alicyclic amines) is 2. The van der Waals surface area contributed by atoms with Gasteiger partial charge in [0.05, 0.1) is 115 Å². The highest BCUT2D eigenvalue weighted by Gasteiger charge is 2.31. The van der Waals surface area contributed by atoms with Crippen LogP contribution in [-0.2, 0) is 70.8 Å². The number of rotatable bonds is 34. The zero-order valence-electron chi connectivity index (χ0n) is 53.0. The second-order valence-corrected chi connectivity index (χ2v) is 23.5. The lowest BCUT2D eigenvalue weighted by molar-refractivity contribution is -0.141. The van der Waals surface area contributed by atoms with Crippen molar-refractivity contribution in [2.24, 2.45) is 12.8 Å². The fourth-order valence-corrected chi connectivity index (χ4v) is 12.0. The number of piperidine rings is 3. The molecule has 6 N–H and O–H groups in total.